The van der Waals surface area contributed by atoms with Gasteiger partial charge in [0.25, 0.3) is 5.91 Å². The zero-order chi connectivity index (χ0) is 15.9. The molecule has 1 aliphatic rings. The topological polar surface area (TPSA) is 71.4 Å². The van der Waals surface area contributed by atoms with Crippen LogP contribution in [-0.2, 0) is 11.3 Å². The number of Topliss-reactive ketones (excluding diaryl/α,β-unsaturated/α-hetero) is 1. The highest BCUT2D eigenvalue weighted by atomic mass is 16.2. The summed E-state index contributed by atoms with van der Waals surface area (Å²) in [6.07, 6.45) is 0. The van der Waals surface area contributed by atoms with Gasteiger partial charge in [0, 0.05) is 23.5 Å². The van der Waals surface area contributed by atoms with Gasteiger partial charge in [-0.15, -0.1) is 0 Å². The van der Waals surface area contributed by atoms with E-state index in [1.165, 1.54) is 0 Å². The number of nitrogens with one attached hydrogen (secondary N) is 1. The van der Waals surface area contributed by atoms with Crippen LogP contribution in [0.15, 0.2) is 6.07 Å². The fourth-order valence-electron chi connectivity index (χ4n) is 2.76. The molecule has 1 aromatic rings. The van der Waals surface area contributed by atoms with E-state index >= 15 is 0 Å². The Hall–Kier alpha value is -2.11. The van der Waals surface area contributed by atoms with Crippen molar-refractivity contribution in [1.29, 1.82) is 0 Å². The number of ketones is 1. The smallest absolute Gasteiger partial charge is 0.325 e. The molecular weight excluding hydrogens is 270 g/mol. The summed E-state index contributed by atoms with van der Waals surface area (Å²) in [5, 5.41) is 2.57. The molecule has 0 bridgehead atoms. The molecule has 1 fully saturated rings. The van der Waals surface area contributed by atoms with Crippen LogP contribution in [0.3, 0.4) is 0 Å². The van der Waals surface area contributed by atoms with Crippen molar-refractivity contribution >= 4 is 17.7 Å². The Morgan fingerprint density at radius 3 is 2.33 bits per heavy atom. The Morgan fingerprint density at radius 2 is 1.90 bits per heavy atom. The molecule has 3 amide bonds. The van der Waals surface area contributed by atoms with Gasteiger partial charge in [-0.05, 0) is 40.7 Å². The zero-order valence-electron chi connectivity index (χ0n) is 13.1. The number of nitrogens with zero attached hydrogens (tertiary/aromatic N) is 2. The van der Waals surface area contributed by atoms with Gasteiger partial charge in [-0.3, -0.25) is 14.5 Å². The first-order valence-electron chi connectivity index (χ1n) is 7.03. The molecule has 0 spiro atoms. The molecule has 2 rings (SSSR count). The van der Waals surface area contributed by atoms with Crippen molar-refractivity contribution in [2.24, 2.45) is 0 Å². The molecule has 1 aliphatic heterocycles. The number of carbonyl (C=O) groups excluding carboxylic acids is 3. The Kier molecular flexibility index (Phi) is 3.65. The van der Waals surface area contributed by atoms with Crippen LogP contribution in [-0.4, -0.2) is 39.3 Å². The van der Waals surface area contributed by atoms with E-state index in [2.05, 4.69) is 5.32 Å². The number of hydrogen-bond donors (Lipinski definition) is 1. The molecule has 6 nitrogen and oxygen atoms in total. The van der Waals surface area contributed by atoms with Crippen molar-refractivity contribution in [3.63, 3.8) is 0 Å². The molecule has 0 saturated carbocycles. The van der Waals surface area contributed by atoms with Crippen molar-refractivity contribution < 1.29 is 14.4 Å². The quantitative estimate of drug-likeness (QED) is 0.677. The van der Waals surface area contributed by atoms with Crippen LogP contribution in [0, 0.1) is 13.8 Å². The largest absolute Gasteiger partial charge is 0.349 e. The van der Waals surface area contributed by atoms with Gasteiger partial charge in [-0.1, -0.05) is 0 Å². The molecule has 0 aliphatic carbocycles. The van der Waals surface area contributed by atoms with Crippen molar-refractivity contribution in [2.45, 2.75) is 46.7 Å². The number of carbonyl (C=O) groups is 3. The molecule has 6 heteroatoms. The first kappa shape index (κ1) is 15.3. The third kappa shape index (κ3) is 2.46. The average Bonchev–Trinajstić information content (AvgIpc) is 2.77. The van der Waals surface area contributed by atoms with Gasteiger partial charge in [0.15, 0.2) is 5.78 Å². The Morgan fingerprint density at radius 1 is 1.29 bits per heavy atom. The van der Waals surface area contributed by atoms with Gasteiger partial charge in [-0.2, -0.15) is 0 Å². The normalized spacial score (nSPS) is 17.3. The number of aryl methyl sites for hydroxylation is 1. The molecular formula is C15H21N3O3. The van der Waals surface area contributed by atoms with Crippen LogP contribution < -0.4 is 5.32 Å². The highest BCUT2D eigenvalue weighted by molar-refractivity contribution is 6.11. The molecule has 114 valence electrons. The number of urea groups is 1. The second kappa shape index (κ2) is 5.02. The summed E-state index contributed by atoms with van der Waals surface area (Å²) in [6, 6.07) is 1.30. The van der Waals surface area contributed by atoms with Crippen molar-refractivity contribution in [3.05, 3.63) is 23.0 Å². The highest BCUT2D eigenvalue weighted by Crippen LogP contribution is 2.20. The maximum Gasteiger partial charge on any atom is 0.325 e. The molecule has 0 unspecified atom stereocenters. The van der Waals surface area contributed by atoms with Crippen LogP contribution >= 0.6 is 0 Å². The van der Waals surface area contributed by atoms with Gasteiger partial charge in [0.2, 0.25) is 0 Å². The van der Waals surface area contributed by atoms with Crippen LogP contribution in [0.5, 0.6) is 0 Å². The minimum absolute atomic E-state index is 0.219. The lowest BCUT2D eigenvalue weighted by Gasteiger charge is -2.15. The summed E-state index contributed by atoms with van der Waals surface area (Å²) >= 11 is 0. The monoisotopic (exact) mass is 291 g/mol. The van der Waals surface area contributed by atoms with E-state index in [4.69, 9.17) is 0 Å². The fraction of sp³-hybridized carbons (Fsp3) is 0.533. The standard InChI is InChI=1S/C15H21N3O3/c1-6-17-9(2)7-11(10(17)3)12(19)8-18-13(20)15(4,5)16-14(18)21/h7H,6,8H2,1-5H3,(H,16,21). The first-order valence-corrected chi connectivity index (χ1v) is 7.03. The van der Waals surface area contributed by atoms with E-state index in [0.29, 0.717) is 5.56 Å². The van der Waals surface area contributed by atoms with Crippen molar-refractivity contribution in [2.75, 3.05) is 6.54 Å². The summed E-state index contributed by atoms with van der Waals surface area (Å²) in [6.45, 7) is 9.63. The third-order valence-electron chi connectivity index (χ3n) is 3.94. The van der Waals surface area contributed by atoms with Crippen LogP contribution in [0.2, 0.25) is 0 Å². The van der Waals surface area contributed by atoms with E-state index in [1.807, 2.05) is 31.4 Å². The summed E-state index contributed by atoms with van der Waals surface area (Å²) in [7, 11) is 0. The van der Waals surface area contributed by atoms with Crippen molar-refractivity contribution in [1.82, 2.24) is 14.8 Å². The molecule has 0 aromatic carbocycles. The van der Waals surface area contributed by atoms with Gasteiger partial charge in [0.1, 0.15) is 5.54 Å². The SMILES string of the molecule is CCn1c(C)cc(C(=O)CN2C(=O)NC(C)(C)C2=O)c1C. The summed E-state index contributed by atoms with van der Waals surface area (Å²) in [4.78, 5) is 37.3. The number of imide groups is 1. The maximum absolute atomic E-state index is 12.4. The average molecular weight is 291 g/mol. The summed E-state index contributed by atoms with van der Waals surface area (Å²) in [5.41, 5.74) is 1.49. The number of aromatic nitrogens is 1. The van der Waals surface area contributed by atoms with Crippen molar-refractivity contribution in [3.8, 4) is 0 Å². The Balaban J connectivity index is 2.23. The van der Waals surface area contributed by atoms with E-state index in [1.54, 1.807) is 13.8 Å². The molecule has 21 heavy (non-hydrogen) atoms. The number of hydrogen-bond acceptors (Lipinski definition) is 3. The Labute approximate surface area is 124 Å². The molecule has 1 saturated heterocycles. The number of amides is 3. The van der Waals surface area contributed by atoms with E-state index < -0.39 is 11.6 Å². The van der Waals surface area contributed by atoms with Gasteiger partial charge >= 0.3 is 6.03 Å². The third-order valence-corrected chi connectivity index (χ3v) is 3.94. The van der Waals surface area contributed by atoms with Crippen LogP contribution in [0.25, 0.3) is 0 Å². The number of rotatable bonds is 4. The fourth-order valence-corrected chi connectivity index (χ4v) is 2.76. The lowest BCUT2D eigenvalue weighted by atomic mass is 10.1. The minimum atomic E-state index is -0.947. The summed E-state index contributed by atoms with van der Waals surface area (Å²) < 4.78 is 2.03. The molecule has 1 N–H and O–H groups in total. The maximum atomic E-state index is 12.4. The minimum Gasteiger partial charge on any atom is -0.349 e. The first-order chi connectivity index (χ1) is 9.69. The summed E-state index contributed by atoms with van der Waals surface area (Å²) in [5.74, 6) is -0.589. The van der Waals surface area contributed by atoms with Crippen LogP contribution in [0.1, 0.15) is 42.5 Å². The van der Waals surface area contributed by atoms with Gasteiger partial charge < -0.3 is 9.88 Å². The molecule has 0 radical (unpaired) electrons. The lowest BCUT2D eigenvalue weighted by Crippen LogP contribution is -2.41. The van der Waals surface area contributed by atoms with Crippen LogP contribution in [0.4, 0.5) is 4.79 Å². The highest BCUT2D eigenvalue weighted by Gasteiger charge is 2.45. The van der Waals surface area contributed by atoms with E-state index in [0.717, 1.165) is 22.8 Å². The lowest BCUT2D eigenvalue weighted by molar-refractivity contribution is -0.129. The second-order valence-corrected chi connectivity index (χ2v) is 5.90. The van der Waals surface area contributed by atoms with Gasteiger partial charge in [-0.25, -0.2) is 4.79 Å². The molecule has 1 aromatic heterocycles. The Bertz CT molecular complexity index is 628. The zero-order valence-corrected chi connectivity index (χ0v) is 13.1. The molecule has 0 atom stereocenters. The van der Waals surface area contributed by atoms with E-state index in [-0.39, 0.29) is 18.2 Å². The van der Waals surface area contributed by atoms with Gasteiger partial charge in [0.05, 0.1) is 6.54 Å². The second-order valence-electron chi connectivity index (χ2n) is 5.90. The molecule has 2 heterocycles. The predicted molar refractivity (Wildman–Crippen MR) is 78.2 cm³/mol. The van der Waals surface area contributed by atoms with E-state index in [9.17, 15) is 14.4 Å². The predicted octanol–water partition coefficient (Wildman–Crippen LogP) is 1.64.